The minimum absolute atomic E-state index is 0.191. The first-order chi connectivity index (χ1) is 5.77. The average molecular weight is 169 g/mol. The van der Waals surface area contributed by atoms with Crippen LogP contribution in [0.15, 0.2) is 0 Å². The molecular weight excluding hydrogens is 150 g/mol. The molecule has 0 radical (unpaired) electrons. The molecule has 0 spiro atoms. The van der Waals surface area contributed by atoms with Crippen LogP contribution in [0.3, 0.4) is 0 Å². The maximum Gasteiger partial charge on any atom is 0.0524 e. The summed E-state index contributed by atoms with van der Waals surface area (Å²) in [7, 11) is 0. The molecule has 0 amide bonds. The molecule has 0 saturated heterocycles. The maximum atomic E-state index is 8.93. The van der Waals surface area contributed by atoms with Gasteiger partial charge in [-0.1, -0.05) is 0 Å². The fraction of sp³-hybridized carbons (Fsp3) is 0.800. The van der Waals surface area contributed by atoms with Gasteiger partial charge in [-0.2, -0.15) is 0 Å². The first kappa shape index (κ1) is 11.5. The van der Waals surface area contributed by atoms with E-state index in [9.17, 15) is 0 Å². The molecule has 0 aromatic heterocycles. The van der Waals surface area contributed by atoms with E-state index in [1.54, 1.807) is 6.92 Å². The van der Waals surface area contributed by atoms with Crippen molar-refractivity contribution in [1.29, 1.82) is 0 Å². The van der Waals surface area contributed by atoms with Crippen LogP contribution in [-0.2, 0) is 0 Å². The Morgan fingerprint density at radius 2 is 2.17 bits per heavy atom. The van der Waals surface area contributed by atoms with E-state index in [-0.39, 0.29) is 6.10 Å². The van der Waals surface area contributed by atoms with Crippen molar-refractivity contribution >= 4 is 0 Å². The summed E-state index contributed by atoms with van der Waals surface area (Å²) in [5.74, 6) is 2.61. The van der Waals surface area contributed by atoms with Crippen molar-refractivity contribution in [3.63, 3.8) is 0 Å². The van der Waals surface area contributed by atoms with Gasteiger partial charge in [0.2, 0.25) is 0 Å². The van der Waals surface area contributed by atoms with Crippen molar-refractivity contribution in [2.75, 3.05) is 13.1 Å². The summed E-state index contributed by atoms with van der Waals surface area (Å²) in [6.45, 7) is 3.71. The zero-order chi connectivity index (χ0) is 9.23. The van der Waals surface area contributed by atoms with E-state index in [1.165, 1.54) is 0 Å². The Bertz CT molecular complexity index is 126. The number of nitrogens with one attached hydrogen (secondary N) is 1. The molecule has 1 atom stereocenters. The van der Waals surface area contributed by atoms with Gasteiger partial charge in [-0.05, 0) is 39.3 Å². The van der Waals surface area contributed by atoms with Crippen LogP contribution in [0.2, 0.25) is 0 Å². The number of terminal acetylenes is 1. The lowest BCUT2D eigenvalue weighted by molar-refractivity contribution is 0.184. The van der Waals surface area contributed by atoms with E-state index in [4.69, 9.17) is 11.5 Å². The van der Waals surface area contributed by atoms with Crippen molar-refractivity contribution in [2.24, 2.45) is 0 Å². The highest BCUT2D eigenvalue weighted by molar-refractivity contribution is 4.82. The minimum Gasteiger partial charge on any atom is -0.393 e. The average Bonchev–Trinajstić information content (AvgIpc) is 2.02. The van der Waals surface area contributed by atoms with Crippen LogP contribution in [0.4, 0.5) is 0 Å². The van der Waals surface area contributed by atoms with Gasteiger partial charge in [0.15, 0.2) is 0 Å². The molecule has 0 bridgehead atoms. The Morgan fingerprint density at radius 3 is 2.75 bits per heavy atom. The lowest BCUT2D eigenvalue weighted by Crippen LogP contribution is -2.20. The van der Waals surface area contributed by atoms with Crippen LogP contribution >= 0.6 is 0 Å². The van der Waals surface area contributed by atoms with Gasteiger partial charge in [0.05, 0.1) is 6.10 Å². The van der Waals surface area contributed by atoms with Crippen molar-refractivity contribution < 1.29 is 5.11 Å². The summed E-state index contributed by atoms with van der Waals surface area (Å²) >= 11 is 0. The summed E-state index contributed by atoms with van der Waals surface area (Å²) in [4.78, 5) is 0. The minimum atomic E-state index is -0.191. The van der Waals surface area contributed by atoms with Gasteiger partial charge in [-0.15, -0.1) is 12.3 Å². The molecule has 0 aliphatic carbocycles. The third-order valence-electron chi connectivity index (χ3n) is 1.66. The van der Waals surface area contributed by atoms with Gasteiger partial charge in [0, 0.05) is 6.42 Å². The molecule has 0 rings (SSSR count). The zero-order valence-electron chi connectivity index (χ0n) is 7.84. The van der Waals surface area contributed by atoms with E-state index >= 15 is 0 Å². The highest BCUT2D eigenvalue weighted by atomic mass is 16.3. The van der Waals surface area contributed by atoms with Crippen LogP contribution in [0.25, 0.3) is 0 Å². The third kappa shape index (κ3) is 9.48. The van der Waals surface area contributed by atoms with Crippen LogP contribution in [0.5, 0.6) is 0 Å². The molecule has 70 valence electrons. The third-order valence-corrected chi connectivity index (χ3v) is 1.66. The molecule has 2 nitrogen and oxygen atoms in total. The quantitative estimate of drug-likeness (QED) is 0.442. The highest BCUT2D eigenvalue weighted by Gasteiger charge is 1.93. The molecule has 0 aliphatic heterocycles. The Balaban J connectivity index is 2.87. The molecule has 0 aromatic carbocycles. The van der Waals surface area contributed by atoms with Gasteiger partial charge >= 0.3 is 0 Å². The smallest absolute Gasteiger partial charge is 0.0524 e. The van der Waals surface area contributed by atoms with Gasteiger partial charge in [-0.3, -0.25) is 0 Å². The van der Waals surface area contributed by atoms with E-state index < -0.39 is 0 Å². The molecule has 0 heterocycles. The summed E-state index contributed by atoms with van der Waals surface area (Å²) in [5.41, 5.74) is 0. The van der Waals surface area contributed by atoms with Crippen LogP contribution < -0.4 is 5.32 Å². The summed E-state index contributed by atoms with van der Waals surface area (Å²) in [6.07, 6.45) is 8.84. The highest BCUT2D eigenvalue weighted by Crippen LogP contribution is 1.92. The standard InChI is InChI=1S/C10H19NO/c1-3-4-5-6-8-11-9-7-10(2)12/h1,10-12H,4-9H2,2H3. The van der Waals surface area contributed by atoms with Crippen molar-refractivity contribution in [1.82, 2.24) is 5.32 Å². The molecule has 12 heavy (non-hydrogen) atoms. The SMILES string of the molecule is C#CCCCCNCCC(C)O. The topological polar surface area (TPSA) is 32.3 Å². The molecule has 2 heteroatoms. The molecular formula is C10H19NO. The number of hydrogen-bond donors (Lipinski definition) is 2. The maximum absolute atomic E-state index is 8.93. The van der Waals surface area contributed by atoms with Crippen LogP contribution in [0.1, 0.15) is 32.6 Å². The fourth-order valence-corrected chi connectivity index (χ4v) is 0.913. The summed E-state index contributed by atoms with van der Waals surface area (Å²) in [6, 6.07) is 0. The molecule has 2 N–H and O–H groups in total. The number of unbranched alkanes of at least 4 members (excludes halogenated alkanes) is 2. The number of rotatable bonds is 7. The number of aliphatic hydroxyl groups excluding tert-OH is 1. The Morgan fingerprint density at radius 1 is 1.42 bits per heavy atom. The second-order valence-electron chi connectivity index (χ2n) is 3.05. The molecule has 0 saturated carbocycles. The van der Waals surface area contributed by atoms with Gasteiger partial charge < -0.3 is 10.4 Å². The van der Waals surface area contributed by atoms with E-state index in [2.05, 4.69) is 11.2 Å². The first-order valence-corrected chi connectivity index (χ1v) is 4.59. The Hall–Kier alpha value is -0.520. The van der Waals surface area contributed by atoms with Crippen molar-refractivity contribution in [2.45, 2.75) is 38.7 Å². The van der Waals surface area contributed by atoms with E-state index in [0.29, 0.717) is 0 Å². The van der Waals surface area contributed by atoms with Crippen molar-refractivity contribution in [3.8, 4) is 12.3 Å². The van der Waals surface area contributed by atoms with Gasteiger partial charge in [0.25, 0.3) is 0 Å². The lowest BCUT2D eigenvalue weighted by Gasteiger charge is -2.05. The second kappa shape index (κ2) is 8.58. The van der Waals surface area contributed by atoms with Gasteiger partial charge in [-0.25, -0.2) is 0 Å². The predicted molar refractivity (Wildman–Crippen MR) is 51.9 cm³/mol. The molecule has 0 aliphatic rings. The second-order valence-corrected chi connectivity index (χ2v) is 3.05. The lowest BCUT2D eigenvalue weighted by atomic mass is 10.2. The normalized spacial score (nSPS) is 12.4. The molecule has 1 unspecified atom stereocenters. The van der Waals surface area contributed by atoms with Crippen molar-refractivity contribution in [3.05, 3.63) is 0 Å². The fourth-order valence-electron chi connectivity index (χ4n) is 0.913. The summed E-state index contributed by atoms with van der Waals surface area (Å²) < 4.78 is 0. The zero-order valence-corrected chi connectivity index (χ0v) is 7.84. The largest absolute Gasteiger partial charge is 0.393 e. The number of hydrogen-bond acceptors (Lipinski definition) is 2. The predicted octanol–water partition coefficient (Wildman–Crippen LogP) is 1.15. The molecule has 0 aromatic rings. The Kier molecular flexibility index (Phi) is 8.20. The van der Waals surface area contributed by atoms with E-state index in [1.807, 2.05) is 0 Å². The monoisotopic (exact) mass is 169 g/mol. The van der Waals surface area contributed by atoms with Crippen LogP contribution in [0, 0.1) is 12.3 Å². The van der Waals surface area contributed by atoms with Gasteiger partial charge in [0.1, 0.15) is 0 Å². The van der Waals surface area contributed by atoms with E-state index in [0.717, 1.165) is 38.8 Å². The first-order valence-electron chi connectivity index (χ1n) is 4.59. The number of aliphatic hydroxyl groups is 1. The molecule has 0 fully saturated rings. The summed E-state index contributed by atoms with van der Waals surface area (Å²) in [5, 5.41) is 12.2. The Labute approximate surface area is 75.4 Å². The van der Waals surface area contributed by atoms with Crippen LogP contribution in [-0.4, -0.2) is 24.3 Å².